The van der Waals surface area contributed by atoms with Crippen molar-refractivity contribution >= 4 is 51.2 Å². The second-order valence-electron chi connectivity index (χ2n) is 11.4. The van der Waals surface area contributed by atoms with Gasteiger partial charge in [0, 0.05) is 57.3 Å². The Bertz CT molecular complexity index is 1860. The number of aromatic nitrogens is 4. The van der Waals surface area contributed by atoms with Crippen molar-refractivity contribution in [2.45, 2.75) is 72.6 Å². The van der Waals surface area contributed by atoms with E-state index in [4.69, 9.17) is 19.4 Å². The smallest absolute Gasteiger partial charge is 0.340 e. The van der Waals surface area contributed by atoms with Crippen molar-refractivity contribution in [1.82, 2.24) is 19.9 Å². The van der Waals surface area contributed by atoms with Gasteiger partial charge in [-0.05, 0) is 86.6 Å². The number of carbonyl (C=O) groups excluding carboxylic acids is 2. The monoisotopic (exact) mass is 580 g/mol. The molecule has 2 aliphatic heterocycles. The van der Waals surface area contributed by atoms with E-state index >= 15 is 0 Å². The topological polar surface area (TPSA) is 110 Å². The second-order valence-corrected chi connectivity index (χ2v) is 11.4. The number of methoxy groups -OCH3 is 2. The minimum atomic E-state index is -0.441. The molecule has 43 heavy (non-hydrogen) atoms. The van der Waals surface area contributed by atoms with Crippen LogP contribution >= 0.6 is 0 Å². The number of fused-ring (bicyclic) bond motifs is 8. The molecule has 8 nitrogen and oxygen atoms in total. The molecule has 0 spiro atoms. The van der Waals surface area contributed by atoms with Crippen molar-refractivity contribution in [1.29, 1.82) is 0 Å². The van der Waals surface area contributed by atoms with Crippen LogP contribution < -0.4 is 0 Å². The van der Waals surface area contributed by atoms with Gasteiger partial charge in [0.2, 0.25) is 0 Å². The molecule has 0 aromatic carbocycles. The Morgan fingerprint density at radius 1 is 0.930 bits per heavy atom. The van der Waals surface area contributed by atoms with E-state index in [2.05, 4.69) is 56.4 Å². The lowest BCUT2D eigenvalue weighted by molar-refractivity contribution is -0.140. The zero-order chi connectivity index (χ0) is 31.2. The second kappa shape index (κ2) is 11.7. The van der Waals surface area contributed by atoms with E-state index in [0.717, 1.165) is 67.7 Å². The fourth-order valence-electron chi connectivity index (χ4n) is 6.51. The van der Waals surface area contributed by atoms with Crippen LogP contribution in [0.3, 0.4) is 0 Å². The fraction of sp³-hybridized carbons (Fsp3) is 0.371. The summed E-state index contributed by atoms with van der Waals surface area (Å²) < 4.78 is 10.2. The first kappa shape index (κ1) is 30.0. The number of nitrogens with one attached hydrogen (secondary N) is 2. The molecular formula is C35H40N4O4. The van der Waals surface area contributed by atoms with Crippen LogP contribution in [0.25, 0.3) is 39.3 Å². The van der Waals surface area contributed by atoms with Crippen LogP contribution in [0.2, 0.25) is 0 Å². The predicted molar refractivity (Wildman–Crippen MR) is 172 cm³/mol. The van der Waals surface area contributed by atoms with E-state index in [1.165, 1.54) is 19.8 Å². The number of hydrogen-bond acceptors (Lipinski definition) is 6. The molecule has 3 aromatic heterocycles. The average Bonchev–Trinajstić information content (AvgIpc) is 3.68. The number of ether oxygens (including phenoxy) is 2. The highest BCUT2D eigenvalue weighted by molar-refractivity contribution is 6.25. The molecule has 3 aromatic rings. The highest BCUT2D eigenvalue weighted by atomic mass is 16.5. The quantitative estimate of drug-likeness (QED) is 0.294. The van der Waals surface area contributed by atoms with Crippen LogP contribution in [0.15, 0.2) is 24.8 Å². The molecule has 0 aliphatic carbocycles. The van der Waals surface area contributed by atoms with Gasteiger partial charge in [-0.2, -0.15) is 0 Å². The van der Waals surface area contributed by atoms with Gasteiger partial charge in [-0.15, -0.1) is 0 Å². The van der Waals surface area contributed by atoms with E-state index in [1.54, 1.807) is 0 Å². The van der Waals surface area contributed by atoms with Gasteiger partial charge in [-0.1, -0.05) is 26.5 Å². The largest absolute Gasteiger partial charge is 0.469 e. The number of H-pyrrole nitrogens is 2. The third-order valence-corrected chi connectivity index (χ3v) is 9.15. The van der Waals surface area contributed by atoms with E-state index in [-0.39, 0.29) is 24.2 Å². The molecule has 2 N–H and O–H groups in total. The first-order valence-electron chi connectivity index (χ1n) is 14.8. The van der Waals surface area contributed by atoms with Crippen molar-refractivity contribution in [2.75, 3.05) is 14.2 Å². The molecule has 0 saturated carbocycles. The maximum absolute atomic E-state index is 13.2. The molecule has 2 atom stereocenters. The van der Waals surface area contributed by atoms with Gasteiger partial charge in [-0.3, -0.25) is 9.78 Å². The summed E-state index contributed by atoms with van der Waals surface area (Å²) in [5.41, 5.74) is 13.3. The number of aryl methyl sites for hydroxylation is 3. The standard InChI is InChI=1S/C35H40N4O4/c1-10-22-17(3)25-14-27-19(5)24(12-13-31(40)42-8)33(38-27)21(7)34-32(35(41)43-9)20(6)28(39-34)16-30-23(11-2)18(4)26(37-30)15-29(22)36-25/h10,14-16,19,24,36-37H,1,11-13H2,2-9H3/t19-,24-/m0/s1. The minimum absolute atomic E-state index is 0.0103. The molecule has 2 aliphatic rings. The van der Waals surface area contributed by atoms with Crippen molar-refractivity contribution in [3.63, 3.8) is 0 Å². The van der Waals surface area contributed by atoms with Gasteiger partial charge in [-0.25, -0.2) is 9.78 Å². The Hall–Kier alpha value is -4.46. The summed E-state index contributed by atoms with van der Waals surface area (Å²) in [5.74, 6) is -0.770. The summed E-state index contributed by atoms with van der Waals surface area (Å²) in [6.45, 7) is 16.4. The van der Waals surface area contributed by atoms with Crippen molar-refractivity contribution < 1.29 is 19.1 Å². The fourth-order valence-corrected chi connectivity index (χ4v) is 6.51. The van der Waals surface area contributed by atoms with Crippen LogP contribution in [-0.4, -0.2) is 46.1 Å². The Morgan fingerprint density at radius 3 is 2.28 bits per heavy atom. The Morgan fingerprint density at radius 2 is 1.63 bits per heavy atom. The number of hydrogen-bond donors (Lipinski definition) is 2. The number of rotatable bonds is 6. The van der Waals surface area contributed by atoms with Gasteiger partial charge in [0.25, 0.3) is 0 Å². The van der Waals surface area contributed by atoms with Crippen LogP contribution in [0, 0.1) is 20.8 Å². The maximum atomic E-state index is 13.2. The first-order chi connectivity index (χ1) is 20.5. The van der Waals surface area contributed by atoms with Crippen molar-refractivity contribution in [3.8, 4) is 0 Å². The van der Waals surface area contributed by atoms with Gasteiger partial charge < -0.3 is 19.4 Å². The van der Waals surface area contributed by atoms with Gasteiger partial charge in [0.15, 0.2) is 0 Å². The molecule has 8 heteroatoms. The summed E-state index contributed by atoms with van der Waals surface area (Å²) in [6.07, 6.45) is 3.53. The minimum Gasteiger partial charge on any atom is -0.469 e. The third-order valence-electron chi connectivity index (χ3n) is 9.15. The Kier molecular flexibility index (Phi) is 8.14. The maximum Gasteiger partial charge on any atom is 0.340 e. The van der Waals surface area contributed by atoms with Crippen LogP contribution in [-0.2, 0) is 25.5 Å². The van der Waals surface area contributed by atoms with E-state index in [9.17, 15) is 9.59 Å². The zero-order valence-electron chi connectivity index (χ0n) is 26.3. The van der Waals surface area contributed by atoms with E-state index < -0.39 is 5.97 Å². The zero-order valence-corrected chi connectivity index (χ0v) is 26.3. The van der Waals surface area contributed by atoms with Gasteiger partial charge in [0.1, 0.15) is 0 Å². The molecule has 5 heterocycles. The molecule has 0 unspecified atom stereocenters. The van der Waals surface area contributed by atoms with Gasteiger partial charge >= 0.3 is 11.9 Å². The lowest BCUT2D eigenvalue weighted by atomic mass is 9.85. The summed E-state index contributed by atoms with van der Waals surface area (Å²) >= 11 is 0. The summed E-state index contributed by atoms with van der Waals surface area (Å²) in [6, 6.07) is 6.24. The molecule has 0 saturated heterocycles. The predicted octanol–water partition coefficient (Wildman–Crippen LogP) is 7.39. The molecule has 8 bridgehead atoms. The number of carbonyl (C=O) groups is 2. The molecule has 0 fully saturated rings. The van der Waals surface area contributed by atoms with Gasteiger partial charge in [0.05, 0.1) is 31.2 Å². The third kappa shape index (κ3) is 5.09. The lowest BCUT2D eigenvalue weighted by Gasteiger charge is -2.17. The number of allylic oxidation sites excluding steroid dienone is 1. The summed E-state index contributed by atoms with van der Waals surface area (Å²) in [4.78, 5) is 42.8. The number of aromatic amines is 2. The normalized spacial score (nSPS) is 16.4. The highest BCUT2D eigenvalue weighted by Crippen LogP contribution is 2.43. The van der Waals surface area contributed by atoms with Crippen LogP contribution in [0.1, 0.15) is 96.0 Å². The molecular weight excluding hydrogens is 540 g/mol. The van der Waals surface area contributed by atoms with Crippen LogP contribution in [0.5, 0.6) is 0 Å². The number of nitrogens with zero attached hydrogens (tertiary/aromatic N) is 2. The molecule has 224 valence electrons. The Balaban J connectivity index is 1.96. The molecule has 0 radical (unpaired) electrons. The summed E-state index contributed by atoms with van der Waals surface area (Å²) in [7, 11) is 2.79. The number of esters is 2. The summed E-state index contributed by atoms with van der Waals surface area (Å²) in [5, 5.41) is 0. The van der Waals surface area contributed by atoms with E-state index in [0.29, 0.717) is 23.4 Å². The van der Waals surface area contributed by atoms with E-state index in [1.807, 2.05) is 26.0 Å². The van der Waals surface area contributed by atoms with Crippen LogP contribution in [0.4, 0.5) is 0 Å². The first-order valence-corrected chi connectivity index (χ1v) is 14.8. The molecule has 5 rings (SSSR count). The Labute approximate surface area is 252 Å². The lowest BCUT2D eigenvalue weighted by Crippen LogP contribution is -2.10. The SMILES string of the molecule is C=Cc1c(C)c2cc3nc(c(C)c4nc(cc5[nH]c(cc1[nH]2)c(C)c5CC)C(C)=C4C(=O)OC)[C@@H](CCC(=O)OC)[C@@H]3C. The average molecular weight is 581 g/mol. The highest BCUT2D eigenvalue weighted by Gasteiger charge is 2.34. The van der Waals surface area contributed by atoms with Crippen molar-refractivity contribution in [2.24, 2.45) is 0 Å². The molecule has 0 amide bonds. The van der Waals surface area contributed by atoms with Crippen molar-refractivity contribution in [3.05, 3.63) is 75.4 Å².